The molecule has 5 heteroatoms. The van der Waals surface area contributed by atoms with Gasteiger partial charge in [-0.25, -0.2) is 0 Å². The first-order valence-electron chi connectivity index (χ1n) is 5.52. The first kappa shape index (κ1) is 12.3. The number of nitrogens with one attached hydrogen (secondary N) is 1. The van der Waals surface area contributed by atoms with Crippen molar-refractivity contribution in [1.29, 1.82) is 0 Å². The molecule has 88 valence electrons. The second kappa shape index (κ2) is 5.92. The molecule has 1 fully saturated rings. The fourth-order valence-electron chi connectivity index (χ4n) is 1.99. The molecule has 4 N–H and O–H groups in total. The van der Waals surface area contributed by atoms with Crippen molar-refractivity contribution < 1.29 is 5.21 Å². The molecule has 1 aliphatic heterocycles. The minimum absolute atomic E-state index is 0.273. The predicted molar refractivity (Wildman–Crippen MR) is 61.1 cm³/mol. The molecular weight excluding hydrogens is 192 g/mol. The Bertz CT molecular complexity index is 211. The first-order valence-corrected chi connectivity index (χ1v) is 5.52. The molecule has 1 rings (SSSR count). The van der Waals surface area contributed by atoms with Gasteiger partial charge in [-0.2, -0.15) is 0 Å². The largest absolute Gasteiger partial charge is 0.409 e. The van der Waals surface area contributed by atoms with Gasteiger partial charge in [0, 0.05) is 18.5 Å². The second-order valence-corrected chi connectivity index (χ2v) is 4.44. The monoisotopic (exact) mass is 214 g/mol. The molecule has 0 radical (unpaired) electrons. The molecule has 15 heavy (non-hydrogen) atoms. The Hall–Kier alpha value is -0.810. The van der Waals surface area contributed by atoms with Gasteiger partial charge >= 0.3 is 0 Å². The number of oxime groups is 1. The molecule has 1 aliphatic rings. The fourth-order valence-corrected chi connectivity index (χ4v) is 1.99. The van der Waals surface area contributed by atoms with Crippen LogP contribution >= 0.6 is 0 Å². The molecular formula is C10H22N4O. The van der Waals surface area contributed by atoms with Crippen molar-refractivity contribution in [3.63, 3.8) is 0 Å². The lowest BCUT2D eigenvalue weighted by Crippen LogP contribution is -2.45. The molecule has 0 aromatic carbocycles. The maximum atomic E-state index is 8.45. The third kappa shape index (κ3) is 4.48. The summed E-state index contributed by atoms with van der Waals surface area (Å²) < 4.78 is 0. The van der Waals surface area contributed by atoms with Crippen LogP contribution in [-0.4, -0.2) is 48.2 Å². The molecule has 0 aromatic rings. The summed E-state index contributed by atoms with van der Waals surface area (Å²) in [6.45, 7) is 4.36. The number of amidine groups is 1. The number of hydrogen-bond acceptors (Lipinski definition) is 4. The molecule has 0 aliphatic carbocycles. The molecule has 0 aromatic heterocycles. The summed E-state index contributed by atoms with van der Waals surface area (Å²) >= 11 is 0. The van der Waals surface area contributed by atoms with Crippen LogP contribution in [0.3, 0.4) is 0 Å². The van der Waals surface area contributed by atoms with Crippen molar-refractivity contribution in [3.05, 3.63) is 0 Å². The molecule has 1 unspecified atom stereocenters. The van der Waals surface area contributed by atoms with E-state index in [4.69, 9.17) is 10.9 Å². The molecule has 0 spiro atoms. The normalized spacial score (nSPS) is 22.9. The molecule has 1 saturated heterocycles. The van der Waals surface area contributed by atoms with Crippen LogP contribution in [0.5, 0.6) is 0 Å². The molecule has 5 nitrogen and oxygen atoms in total. The van der Waals surface area contributed by atoms with Gasteiger partial charge in [0.25, 0.3) is 0 Å². The molecule has 1 heterocycles. The lowest BCUT2D eigenvalue weighted by atomic mass is 10.0. The number of likely N-dealkylation sites (tertiary alicyclic amines) is 1. The van der Waals surface area contributed by atoms with Crippen molar-refractivity contribution in [3.8, 4) is 0 Å². The van der Waals surface area contributed by atoms with E-state index in [0.29, 0.717) is 18.3 Å². The number of piperidine rings is 1. The minimum atomic E-state index is 0.273. The zero-order valence-corrected chi connectivity index (χ0v) is 9.61. The lowest BCUT2D eigenvalue weighted by Gasteiger charge is -2.31. The summed E-state index contributed by atoms with van der Waals surface area (Å²) in [4.78, 5) is 2.34. The Kier molecular flexibility index (Phi) is 4.84. The maximum absolute atomic E-state index is 8.45. The summed E-state index contributed by atoms with van der Waals surface area (Å²) in [5.41, 5.74) is 5.45. The summed E-state index contributed by atoms with van der Waals surface area (Å²) in [6.07, 6.45) is 2.96. The summed E-state index contributed by atoms with van der Waals surface area (Å²) in [5.74, 6) is 0.294. The van der Waals surface area contributed by atoms with Crippen molar-refractivity contribution in [2.24, 2.45) is 10.9 Å². The Morgan fingerprint density at radius 1 is 1.60 bits per heavy atom. The van der Waals surface area contributed by atoms with E-state index in [2.05, 4.69) is 29.3 Å². The second-order valence-electron chi connectivity index (χ2n) is 4.44. The lowest BCUT2D eigenvalue weighted by molar-refractivity contribution is 0.226. The van der Waals surface area contributed by atoms with Gasteiger partial charge in [-0.3, -0.25) is 0 Å². The van der Waals surface area contributed by atoms with Gasteiger partial charge in [-0.05, 0) is 39.9 Å². The smallest absolute Gasteiger partial charge is 0.140 e. The van der Waals surface area contributed by atoms with Gasteiger partial charge in [0.2, 0.25) is 0 Å². The van der Waals surface area contributed by atoms with Crippen molar-refractivity contribution in [2.45, 2.75) is 38.3 Å². The van der Waals surface area contributed by atoms with Crippen LogP contribution in [0.1, 0.15) is 26.2 Å². The topological polar surface area (TPSA) is 73.9 Å². The van der Waals surface area contributed by atoms with E-state index in [-0.39, 0.29) is 6.04 Å². The summed E-state index contributed by atoms with van der Waals surface area (Å²) in [7, 11) is 2.15. The quantitative estimate of drug-likeness (QED) is 0.270. The van der Waals surface area contributed by atoms with Gasteiger partial charge in [-0.1, -0.05) is 5.16 Å². The van der Waals surface area contributed by atoms with Gasteiger partial charge in [0.15, 0.2) is 0 Å². The van der Waals surface area contributed by atoms with Gasteiger partial charge in [0.05, 0.1) is 0 Å². The Labute approximate surface area is 91.3 Å². The molecule has 0 amide bonds. The molecule has 1 atom stereocenters. The standard InChI is InChI=1S/C10H22N4O/c1-8(7-10(11)13-15)12-9-3-5-14(2)6-4-9/h8-9,12,15H,3-7H2,1-2H3,(H2,11,13). The molecule has 0 saturated carbocycles. The van der Waals surface area contributed by atoms with E-state index in [0.717, 1.165) is 13.1 Å². The SMILES string of the molecule is CC(CC(N)=NO)NC1CCN(C)CC1. The van der Waals surface area contributed by atoms with Crippen LogP contribution in [-0.2, 0) is 0 Å². The van der Waals surface area contributed by atoms with Crippen LogP contribution in [0.25, 0.3) is 0 Å². The molecule has 0 bridgehead atoms. The van der Waals surface area contributed by atoms with Crippen LogP contribution in [0.2, 0.25) is 0 Å². The van der Waals surface area contributed by atoms with Crippen molar-refractivity contribution >= 4 is 5.84 Å². The van der Waals surface area contributed by atoms with Gasteiger partial charge in [0.1, 0.15) is 5.84 Å². The third-order valence-corrected chi connectivity index (χ3v) is 2.88. The van der Waals surface area contributed by atoms with E-state index in [9.17, 15) is 0 Å². The van der Waals surface area contributed by atoms with E-state index >= 15 is 0 Å². The maximum Gasteiger partial charge on any atom is 0.140 e. The zero-order chi connectivity index (χ0) is 11.3. The average molecular weight is 214 g/mol. The predicted octanol–water partition coefficient (Wildman–Crippen LogP) is 0.195. The summed E-state index contributed by atoms with van der Waals surface area (Å²) in [5, 5.41) is 14.9. The fraction of sp³-hybridized carbons (Fsp3) is 0.900. The van der Waals surface area contributed by atoms with E-state index in [1.165, 1.54) is 12.8 Å². The van der Waals surface area contributed by atoms with Crippen molar-refractivity contribution in [2.75, 3.05) is 20.1 Å². The first-order chi connectivity index (χ1) is 7.11. The van der Waals surface area contributed by atoms with Crippen LogP contribution in [0.4, 0.5) is 0 Å². The van der Waals surface area contributed by atoms with Gasteiger partial charge in [-0.15, -0.1) is 0 Å². The number of nitrogens with zero attached hydrogens (tertiary/aromatic N) is 2. The van der Waals surface area contributed by atoms with Crippen LogP contribution < -0.4 is 11.1 Å². The van der Waals surface area contributed by atoms with Gasteiger partial charge < -0.3 is 21.2 Å². The Balaban J connectivity index is 2.23. The van der Waals surface area contributed by atoms with E-state index < -0.39 is 0 Å². The highest BCUT2D eigenvalue weighted by Gasteiger charge is 2.18. The van der Waals surface area contributed by atoms with Crippen LogP contribution in [0.15, 0.2) is 5.16 Å². The van der Waals surface area contributed by atoms with Crippen molar-refractivity contribution in [1.82, 2.24) is 10.2 Å². The van der Waals surface area contributed by atoms with E-state index in [1.54, 1.807) is 0 Å². The van der Waals surface area contributed by atoms with E-state index in [1.807, 2.05) is 0 Å². The Morgan fingerprint density at radius 2 is 2.20 bits per heavy atom. The minimum Gasteiger partial charge on any atom is -0.409 e. The average Bonchev–Trinajstić information content (AvgIpc) is 2.21. The number of nitrogens with two attached hydrogens (primary N) is 1. The number of hydrogen-bond donors (Lipinski definition) is 3. The highest BCUT2D eigenvalue weighted by atomic mass is 16.4. The van der Waals surface area contributed by atoms with Crippen LogP contribution in [0, 0.1) is 0 Å². The third-order valence-electron chi connectivity index (χ3n) is 2.88. The zero-order valence-electron chi connectivity index (χ0n) is 9.61. The highest BCUT2D eigenvalue weighted by Crippen LogP contribution is 2.09. The number of rotatable bonds is 4. The Morgan fingerprint density at radius 3 is 2.73 bits per heavy atom. The highest BCUT2D eigenvalue weighted by molar-refractivity contribution is 5.80. The summed E-state index contributed by atoms with van der Waals surface area (Å²) in [6, 6.07) is 0.844.